The summed E-state index contributed by atoms with van der Waals surface area (Å²) in [6.07, 6.45) is -0.288. The van der Waals surface area contributed by atoms with Crippen LogP contribution in [0.15, 0.2) is 53.7 Å². The van der Waals surface area contributed by atoms with Crippen molar-refractivity contribution in [3.8, 4) is 0 Å². The van der Waals surface area contributed by atoms with Gasteiger partial charge in [0.2, 0.25) is 5.91 Å². The van der Waals surface area contributed by atoms with Gasteiger partial charge in [0.15, 0.2) is 11.6 Å². The number of amides is 3. The van der Waals surface area contributed by atoms with Gasteiger partial charge in [-0.1, -0.05) is 18.2 Å². The van der Waals surface area contributed by atoms with E-state index in [4.69, 9.17) is 9.62 Å². The minimum absolute atomic E-state index is 0.0568. The molecule has 3 amide bonds. The third-order valence-electron chi connectivity index (χ3n) is 5.10. The molecule has 0 aliphatic carbocycles. The lowest BCUT2D eigenvalue weighted by atomic mass is 9.93. The summed E-state index contributed by atoms with van der Waals surface area (Å²) in [5.74, 6) is -2.94. The maximum Gasteiger partial charge on any atom is 0.329 e. The summed E-state index contributed by atoms with van der Waals surface area (Å²) in [6.45, 7) is -0.279. The van der Waals surface area contributed by atoms with Crippen molar-refractivity contribution < 1.29 is 37.8 Å². The van der Waals surface area contributed by atoms with Crippen LogP contribution in [-0.2, 0) is 25.7 Å². The van der Waals surface area contributed by atoms with Crippen LogP contribution in [0.4, 0.5) is 19.3 Å². The number of urea groups is 1. The second kappa shape index (κ2) is 10.9. The molecule has 0 fully saturated rings. The number of imide groups is 1. The Morgan fingerprint density at radius 1 is 1.12 bits per heavy atom. The Morgan fingerprint density at radius 3 is 2.41 bits per heavy atom. The molecule has 1 aliphatic heterocycles. The number of carbonyl (C=O) groups excluding carboxylic acids is 2. The number of methoxy groups -OCH3 is 1. The summed E-state index contributed by atoms with van der Waals surface area (Å²) < 4.78 is 32.8. The smallest absolute Gasteiger partial charge is 0.329 e. The molecule has 3 rings (SSSR count). The first kappa shape index (κ1) is 24.9. The normalized spacial score (nSPS) is 15.9. The Hall–Kier alpha value is -3.74. The lowest BCUT2D eigenvalue weighted by molar-refractivity contribution is -0.384. The SMILES string of the molecule is COCC1=C(COOC)C(c2ccc(F)c(F)c2)N(C(=O)Cc2ccc([N+](=O)[O-])cc2)C(=O)N1. The van der Waals surface area contributed by atoms with Gasteiger partial charge < -0.3 is 10.1 Å². The van der Waals surface area contributed by atoms with Crippen LogP contribution in [0, 0.1) is 21.7 Å². The molecule has 0 saturated heterocycles. The van der Waals surface area contributed by atoms with Gasteiger partial charge in [-0.05, 0) is 23.3 Å². The zero-order valence-corrected chi connectivity index (χ0v) is 18.2. The van der Waals surface area contributed by atoms with Gasteiger partial charge in [-0.3, -0.25) is 19.8 Å². The Balaban J connectivity index is 2.04. The highest BCUT2D eigenvalue weighted by Crippen LogP contribution is 2.35. The fourth-order valence-corrected chi connectivity index (χ4v) is 3.55. The molecular weight excluding hydrogens is 456 g/mol. The highest BCUT2D eigenvalue weighted by molar-refractivity contribution is 5.98. The van der Waals surface area contributed by atoms with Gasteiger partial charge in [-0.25, -0.2) is 23.4 Å². The fraction of sp³-hybridized carbons (Fsp3) is 0.273. The van der Waals surface area contributed by atoms with Crippen LogP contribution in [0.2, 0.25) is 0 Å². The Labute approximate surface area is 192 Å². The molecular formula is C22H21F2N3O7. The van der Waals surface area contributed by atoms with Crippen LogP contribution >= 0.6 is 0 Å². The van der Waals surface area contributed by atoms with Gasteiger partial charge >= 0.3 is 6.03 Å². The number of carbonyl (C=O) groups is 2. The molecule has 1 heterocycles. The van der Waals surface area contributed by atoms with Gasteiger partial charge in [0.25, 0.3) is 5.69 Å². The molecule has 0 aromatic heterocycles. The lowest BCUT2D eigenvalue weighted by Crippen LogP contribution is -2.52. The topological polar surface area (TPSA) is 120 Å². The molecule has 0 spiro atoms. The van der Waals surface area contributed by atoms with Gasteiger partial charge in [-0.2, -0.15) is 0 Å². The standard InChI is InChI=1S/C22H21F2N3O7/c1-32-12-19-16(11-34-33-2)21(14-5-8-17(23)18(24)10-14)26(22(29)25-19)20(28)9-13-3-6-15(7-4-13)27(30)31/h3-8,10,21H,9,11-12H2,1-2H3,(H,25,29). The molecule has 1 unspecified atom stereocenters. The molecule has 1 atom stereocenters. The number of non-ortho nitro benzene ring substituents is 1. The van der Waals surface area contributed by atoms with Crippen molar-refractivity contribution >= 4 is 17.6 Å². The van der Waals surface area contributed by atoms with Crippen LogP contribution in [0.3, 0.4) is 0 Å². The van der Waals surface area contributed by atoms with Gasteiger partial charge in [0.05, 0.1) is 31.1 Å². The number of nitrogens with zero attached hydrogens (tertiary/aromatic N) is 2. The van der Waals surface area contributed by atoms with Crippen LogP contribution in [0.5, 0.6) is 0 Å². The minimum atomic E-state index is -1.16. The van der Waals surface area contributed by atoms with E-state index in [1.165, 1.54) is 44.6 Å². The molecule has 10 nitrogen and oxygen atoms in total. The zero-order chi connectivity index (χ0) is 24.8. The largest absolute Gasteiger partial charge is 0.378 e. The van der Waals surface area contributed by atoms with Crippen molar-refractivity contribution in [3.63, 3.8) is 0 Å². The molecule has 2 aromatic rings. The Morgan fingerprint density at radius 2 is 1.82 bits per heavy atom. The third kappa shape index (κ3) is 5.42. The average molecular weight is 477 g/mol. The first-order valence-electron chi connectivity index (χ1n) is 9.94. The van der Waals surface area contributed by atoms with E-state index < -0.39 is 34.5 Å². The number of nitrogens with one attached hydrogen (secondary N) is 1. The molecule has 12 heteroatoms. The lowest BCUT2D eigenvalue weighted by Gasteiger charge is -2.37. The monoisotopic (exact) mass is 477 g/mol. The molecule has 1 N–H and O–H groups in total. The van der Waals surface area contributed by atoms with Crippen LogP contribution < -0.4 is 5.32 Å². The van der Waals surface area contributed by atoms with Crippen molar-refractivity contribution in [2.75, 3.05) is 27.4 Å². The van der Waals surface area contributed by atoms with Gasteiger partial charge in [0.1, 0.15) is 6.61 Å². The van der Waals surface area contributed by atoms with Crippen LogP contribution in [0.1, 0.15) is 17.2 Å². The molecule has 0 saturated carbocycles. The average Bonchev–Trinajstić information content (AvgIpc) is 2.80. The van der Waals surface area contributed by atoms with Crippen molar-refractivity contribution in [2.45, 2.75) is 12.5 Å². The zero-order valence-electron chi connectivity index (χ0n) is 18.2. The second-order valence-corrected chi connectivity index (χ2v) is 7.24. The number of rotatable bonds is 9. The Bertz CT molecular complexity index is 1120. The van der Waals surface area contributed by atoms with Crippen LogP contribution in [0.25, 0.3) is 0 Å². The van der Waals surface area contributed by atoms with Crippen molar-refractivity contribution in [2.24, 2.45) is 0 Å². The number of benzene rings is 2. The van der Waals surface area contributed by atoms with Gasteiger partial charge in [-0.15, -0.1) is 0 Å². The van der Waals surface area contributed by atoms with Crippen molar-refractivity contribution in [1.82, 2.24) is 10.2 Å². The molecule has 0 radical (unpaired) electrons. The number of nitro benzene ring substituents is 1. The van der Waals surface area contributed by atoms with Crippen molar-refractivity contribution in [3.05, 3.63) is 86.6 Å². The van der Waals surface area contributed by atoms with E-state index >= 15 is 0 Å². The van der Waals surface area contributed by atoms with E-state index in [1.807, 2.05) is 0 Å². The molecule has 0 bridgehead atoms. The van der Waals surface area contributed by atoms with E-state index in [9.17, 15) is 28.5 Å². The van der Waals surface area contributed by atoms with Crippen molar-refractivity contribution in [1.29, 1.82) is 0 Å². The van der Waals surface area contributed by atoms with Gasteiger partial charge in [0, 0.05) is 30.5 Å². The second-order valence-electron chi connectivity index (χ2n) is 7.24. The Kier molecular flexibility index (Phi) is 7.99. The van der Waals surface area contributed by atoms with E-state index in [2.05, 4.69) is 10.2 Å². The van der Waals surface area contributed by atoms with Crippen LogP contribution in [-0.4, -0.2) is 49.2 Å². The van der Waals surface area contributed by atoms with E-state index in [1.54, 1.807) is 0 Å². The quantitative estimate of drug-likeness (QED) is 0.335. The number of hydrogen-bond donors (Lipinski definition) is 1. The summed E-state index contributed by atoms with van der Waals surface area (Å²) in [5, 5.41) is 13.4. The maximum absolute atomic E-state index is 14.1. The molecule has 1 aliphatic rings. The summed E-state index contributed by atoms with van der Waals surface area (Å²) in [6, 6.07) is 6.33. The molecule has 180 valence electrons. The highest BCUT2D eigenvalue weighted by Gasteiger charge is 2.39. The third-order valence-corrected chi connectivity index (χ3v) is 5.10. The predicted molar refractivity (Wildman–Crippen MR) is 113 cm³/mol. The first-order chi connectivity index (χ1) is 16.3. The van der Waals surface area contributed by atoms with E-state index in [0.29, 0.717) is 11.1 Å². The fourth-order valence-electron chi connectivity index (χ4n) is 3.55. The predicted octanol–water partition coefficient (Wildman–Crippen LogP) is 3.19. The molecule has 34 heavy (non-hydrogen) atoms. The van der Waals surface area contributed by atoms with E-state index in [-0.39, 0.29) is 36.6 Å². The minimum Gasteiger partial charge on any atom is -0.378 e. The summed E-state index contributed by atoms with van der Waals surface area (Å²) in [7, 11) is 2.66. The number of nitro groups is 1. The summed E-state index contributed by atoms with van der Waals surface area (Å²) in [4.78, 5) is 47.1. The number of halogens is 2. The van der Waals surface area contributed by atoms with E-state index in [0.717, 1.165) is 17.0 Å². The highest BCUT2D eigenvalue weighted by atomic mass is 19.2. The first-order valence-corrected chi connectivity index (χ1v) is 9.94. The molecule has 2 aromatic carbocycles. The summed E-state index contributed by atoms with van der Waals surface area (Å²) >= 11 is 0. The number of ether oxygens (including phenoxy) is 1. The summed E-state index contributed by atoms with van der Waals surface area (Å²) in [5.41, 5.74) is 0.977. The number of hydrogen-bond acceptors (Lipinski definition) is 7. The maximum atomic E-state index is 14.1.